The molecule has 0 heterocycles. The molecule has 8 heteroatoms. The van der Waals surface area contributed by atoms with Gasteiger partial charge in [0, 0.05) is 25.9 Å². The zero-order chi connectivity index (χ0) is 16.6. The molecule has 126 valence electrons. The molecule has 0 aromatic heterocycles. The molecule has 0 radical (unpaired) electrons. The van der Waals surface area contributed by atoms with E-state index in [9.17, 15) is 8.42 Å². The van der Waals surface area contributed by atoms with E-state index in [0.29, 0.717) is 30.8 Å². The van der Waals surface area contributed by atoms with Gasteiger partial charge in [-0.15, -0.1) is 0 Å². The van der Waals surface area contributed by atoms with Crippen molar-refractivity contribution in [2.24, 2.45) is 0 Å². The highest BCUT2D eigenvalue weighted by atomic mass is 127. The molecule has 0 atom stereocenters. The predicted molar refractivity (Wildman–Crippen MR) is 96.8 cm³/mol. The van der Waals surface area contributed by atoms with E-state index in [0.717, 1.165) is 12.0 Å². The Morgan fingerprint density at radius 3 is 1.77 bits per heavy atom. The minimum absolute atomic E-state index is 0.319. The van der Waals surface area contributed by atoms with Gasteiger partial charge in [-0.3, -0.25) is 0 Å². The second kappa shape index (κ2) is 9.33. The third-order valence-corrected chi connectivity index (χ3v) is 8.43. The van der Waals surface area contributed by atoms with Gasteiger partial charge in [-0.05, 0) is 44.9 Å². The van der Waals surface area contributed by atoms with Crippen LogP contribution in [0.1, 0.15) is 26.3 Å². The number of rotatable bonds is 10. The van der Waals surface area contributed by atoms with Gasteiger partial charge in [-0.25, -0.2) is 8.42 Å². The number of benzene rings is 1. The first-order valence-electron chi connectivity index (χ1n) is 7.32. The zero-order valence-electron chi connectivity index (χ0n) is 13.2. The van der Waals surface area contributed by atoms with E-state index in [1.807, 2.05) is 32.9 Å². The molecular weight excluding hydrogens is 435 g/mol. The van der Waals surface area contributed by atoms with Gasteiger partial charge in [0.1, 0.15) is 0 Å². The van der Waals surface area contributed by atoms with E-state index < -0.39 is 15.8 Å². The van der Waals surface area contributed by atoms with Gasteiger partial charge < -0.3 is 13.3 Å². The van der Waals surface area contributed by atoms with Gasteiger partial charge in [0.25, 0.3) is 0 Å². The fourth-order valence-corrected chi connectivity index (χ4v) is 6.06. The van der Waals surface area contributed by atoms with E-state index in [-0.39, 0.29) is 0 Å². The standard InChI is InChI=1S/C14H23IO5SSi/c1-4-18-22(19-5-2,20-6-3)12-11-13-7-9-14(10-8-13)21(15,16)17/h7-10H,4-6,11-12H2,1-3H3. The summed E-state index contributed by atoms with van der Waals surface area (Å²) in [5, 5.41) is 0. The van der Waals surface area contributed by atoms with Crippen LogP contribution in [0.3, 0.4) is 0 Å². The Morgan fingerprint density at radius 2 is 1.41 bits per heavy atom. The van der Waals surface area contributed by atoms with E-state index in [2.05, 4.69) is 0 Å². The molecule has 22 heavy (non-hydrogen) atoms. The molecular formula is C14H23IO5SSi. The third-order valence-electron chi connectivity index (χ3n) is 3.02. The van der Waals surface area contributed by atoms with E-state index in [1.54, 1.807) is 12.1 Å². The van der Waals surface area contributed by atoms with Gasteiger partial charge in [-0.2, -0.15) is 0 Å². The quantitative estimate of drug-likeness (QED) is 0.306. The zero-order valence-corrected chi connectivity index (χ0v) is 17.1. The molecule has 0 N–H and O–H groups in total. The lowest BCUT2D eigenvalue weighted by Crippen LogP contribution is -2.46. The molecule has 0 amide bonds. The van der Waals surface area contributed by atoms with Crippen molar-refractivity contribution in [1.82, 2.24) is 0 Å². The van der Waals surface area contributed by atoms with E-state index >= 15 is 0 Å². The van der Waals surface area contributed by atoms with E-state index in [1.165, 1.54) is 21.2 Å². The molecule has 0 saturated carbocycles. The van der Waals surface area contributed by atoms with Crippen LogP contribution in [-0.4, -0.2) is 37.0 Å². The second-order valence-corrected chi connectivity index (χ2v) is 12.1. The first kappa shape index (κ1) is 20.0. The first-order valence-corrected chi connectivity index (χ1v) is 13.3. The Bertz CT molecular complexity index is 530. The van der Waals surface area contributed by atoms with Crippen molar-refractivity contribution in [3.8, 4) is 0 Å². The molecule has 0 aliphatic rings. The highest BCUT2D eigenvalue weighted by Crippen LogP contribution is 2.22. The van der Waals surface area contributed by atoms with Gasteiger partial charge in [0.05, 0.1) is 26.1 Å². The van der Waals surface area contributed by atoms with Crippen molar-refractivity contribution in [2.75, 3.05) is 19.8 Å². The summed E-state index contributed by atoms with van der Waals surface area (Å²) in [5.41, 5.74) is 1.04. The maximum atomic E-state index is 11.5. The van der Waals surface area contributed by atoms with Gasteiger partial charge in [0.15, 0.2) is 0 Å². The van der Waals surface area contributed by atoms with Gasteiger partial charge in [0.2, 0.25) is 7.01 Å². The van der Waals surface area contributed by atoms with Crippen molar-refractivity contribution < 1.29 is 21.7 Å². The Labute approximate surface area is 146 Å². The van der Waals surface area contributed by atoms with Gasteiger partial charge in [-0.1, -0.05) is 12.1 Å². The topological polar surface area (TPSA) is 61.8 Å². The van der Waals surface area contributed by atoms with Crippen molar-refractivity contribution >= 4 is 37.0 Å². The SMILES string of the molecule is CCO[Si](CCc1ccc(S(=O)(=O)I)cc1)(OCC)OCC. The normalized spacial score (nSPS) is 12.5. The fraction of sp³-hybridized carbons (Fsp3) is 0.571. The largest absolute Gasteiger partial charge is 0.501 e. The van der Waals surface area contributed by atoms with Crippen LogP contribution < -0.4 is 0 Å². The summed E-state index contributed by atoms with van der Waals surface area (Å²) in [4.78, 5) is 0.319. The number of halogens is 1. The minimum atomic E-state index is -3.18. The summed E-state index contributed by atoms with van der Waals surface area (Å²) in [6, 6.07) is 7.59. The molecule has 5 nitrogen and oxygen atoms in total. The molecule has 1 aromatic carbocycles. The lowest BCUT2D eigenvalue weighted by Gasteiger charge is -2.28. The number of aryl methyl sites for hydroxylation is 1. The summed E-state index contributed by atoms with van der Waals surface area (Å²) in [5.74, 6) is 0. The Balaban J connectivity index is 2.79. The highest BCUT2D eigenvalue weighted by Gasteiger charge is 2.39. The van der Waals surface area contributed by atoms with Crippen LogP contribution in [0.15, 0.2) is 29.2 Å². The second-order valence-electron chi connectivity index (χ2n) is 4.56. The summed E-state index contributed by atoms with van der Waals surface area (Å²) in [6.45, 7) is 7.45. The van der Waals surface area contributed by atoms with Crippen LogP contribution in [0.5, 0.6) is 0 Å². The Morgan fingerprint density at radius 1 is 0.955 bits per heavy atom. The summed E-state index contributed by atoms with van der Waals surface area (Å²) in [6.07, 6.45) is 0.730. The lowest BCUT2D eigenvalue weighted by atomic mass is 10.2. The Kier molecular flexibility index (Phi) is 8.50. The minimum Gasteiger partial charge on any atom is -0.374 e. The van der Waals surface area contributed by atoms with Gasteiger partial charge >= 0.3 is 8.80 Å². The van der Waals surface area contributed by atoms with Crippen molar-refractivity contribution in [1.29, 1.82) is 0 Å². The highest BCUT2D eigenvalue weighted by molar-refractivity contribution is 14.2. The molecule has 0 unspecified atom stereocenters. The molecule has 0 saturated heterocycles. The number of hydrogen-bond acceptors (Lipinski definition) is 5. The molecule has 0 spiro atoms. The van der Waals surface area contributed by atoms with Crippen LogP contribution in [0.25, 0.3) is 0 Å². The fourth-order valence-electron chi connectivity index (χ4n) is 2.12. The average Bonchev–Trinajstić information content (AvgIpc) is 2.45. The summed E-state index contributed by atoms with van der Waals surface area (Å²) >= 11 is 1.44. The van der Waals surface area contributed by atoms with Crippen molar-refractivity contribution in [3.05, 3.63) is 29.8 Å². The monoisotopic (exact) mass is 458 g/mol. The van der Waals surface area contributed by atoms with Crippen molar-refractivity contribution in [3.63, 3.8) is 0 Å². The number of hydrogen-bond donors (Lipinski definition) is 0. The molecule has 0 fully saturated rings. The Hall–Kier alpha value is -0.00312. The van der Waals surface area contributed by atoms with Crippen LogP contribution in [-0.2, 0) is 26.7 Å². The maximum absolute atomic E-state index is 11.5. The van der Waals surface area contributed by atoms with Crippen molar-refractivity contribution in [2.45, 2.75) is 38.1 Å². The summed E-state index contributed by atoms with van der Waals surface area (Å²) < 4.78 is 40.3. The third kappa shape index (κ3) is 6.24. The van der Waals surface area contributed by atoms with Crippen LogP contribution >= 0.6 is 21.2 Å². The molecule has 0 aliphatic heterocycles. The maximum Gasteiger partial charge on any atom is 0.501 e. The lowest BCUT2D eigenvalue weighted by molar-refractivity contribution is 0.0714. The van der Waals surface area contributed by atoms with Crippen LogP contribution in [0.2, 0.25) is 6.04 Å². The molecule has 1 rings (SSSR count). The molecule has 0 aliphatic carbocycles. The summed E-state index contributed by atoms with van der Waals surface area (Å²) in [7, 11) is -5.83. The smallest absolute Gasteiger partial charge is 0.374 e. The van der Waals surface area contributed by atoms with Crippen LogP contribution in [0.4, 0.5) is 0 Å². The molecule has 0 bridgehead atoms. The van der Waals surface area contributed by atoms with Crippen LogP contribution in [0, 0.1) is 0 Å². The average molecular weight is 458 g/mol. The molecule has 1 aromatic rings. The first-order chi connectivity index (χ1) is 10.4. The predicted octanol–water partition coefficient (Wildman–Crippen LogP) is 3.40. The van der Waals surface area contributed by atoms with E-state index in [4.69, 9.17) is 13.3 Å².